The molecule has 3 heterocycles. The molecule has 0 saturated carbocycles. The molecule has 2 aliphatic heterocycles. The third-order valence-corrected chi connectivity index (χ3v) is 7.41. The van der Waals surface area contributed by atoms with Crippen molar-refractivity contribution in [3.05, 3.63) is 57.3 Å². The predicted octanol–water partition coefficient (Wildman–Crippen LogP) is 4.89. The van der Waals surface area contributed by atoms with E-state index < -0.39 is 17.7 Å². The number of carbonyl (C=O) groups is 3. The van der Waals surface area contributed by atoms with E-state index in [1.165, 1.54) is 11.3 Å². The number of nitrogens with zero attached hydrogens (tertiary/aromatic N) is 2. The van der Waals surface area contributed by atoms with Gasteiger partial charge in [0.2, 0.25) is 0 Å². The number of hydrogen-bond donors (Lipinski definition) is 1. The van der Waals surface area contributed by atoms with Crippen LogP contribution in [0.3, 0.4) is 0 Å². The van der Waals surface area contributed by atoms with Crippen molar-refractivity contribution in [2.24, 2.45) is 0 Å². The SMILES string of the molecule is CCOC(=O)N1CCC(N2C(=O)C(=O)/C(=C(\O)c3ccc(OC(C)C)c(C)c3)C2c2cccs2)CC1. The van der Waals surface area contributed by atoms with Crippen molar-refractivity contribution in [3.8, 4) is 5.75 Å². The maximum atomic E-state index is 13.3. The number of aryl methyl sites for hydroxylation is 1. The summed E-state index contributed by atoms with van der Waals surface area (Å²) in [4.78, 5) is 42.8. The minimum atomic E-state index is -0.695. The summed E-state index contributed by atoms with van der Waals surface area (Å²) in [5.74, 6) is -0.817. The van der Waals surface area contributed by atoms with Gasteiger partial charge in [-0.3, -0.25) is 9.59 Å². The van der Waals surface area contributed by atoms with E-state index in [-0.39, 0.29) is 29.6 Å². The summed E-state index contributed by atoms with van der Waals surface area (Å²) >= 11 is 1.44. The molecule has 0 radical (unpaired) electrons. The number of thiophene rings is 1. The second-order valence-corrected chi connectivity index (χ2v) is 10.3. The van der Waals surface area contributed by atoms with Crippen molar-refractivity contribution >= 4 is 34.9 Å². The number of aliphatic hydroxyl groups is 1. The summed E-state index contributed by atoms with van der Waals surface area (Å²) in [7, 11) is 0. The van der Waals surface area contributed by atoms with Crippen molar-refractivity contribution < 1.29 is 29.0 Å². The van der Waals surface area contributed by atoms with Gasteiger partial charge in [-0.15, -0.1) is 11.3 Å². The Bertz CT molecular complexity index is 1160. The fraction of sp³-hybridized carbons (Fsp3) is 0.444. The van der Waals surface area contributed by atoms with Crippen LogP contribution in [0.4, 0.5) is 4.79 Å². The van der Waals surface area contributed by atoms with E-state index in [2.05, 4.69) is 0 Å². The molecule has 0 bridgehead atoms. The van der Waals surface area contributed by atoms with Crippen LogP contribution in [0, 0.1) is 6.92 Å². The van der Waals surface area contributed by atoms with E-state index in [1.807, 2.05) is 38.3 Å². The molecule has 2 fully saturated rings. The van der Waals surface area contributed by atoms with Gasteiger partial charge in [-0.05, 0) is 75.7 Å². The Morgan fingerprint density at radius 3 is 2.50 bits per heavy atom. The summed E-state index contributed by atoms with van der Waals surface area (Å²) in [6.45, 7) is 8.68. The van der Waals surface area contributed by atoms with Gasteiger partial charge in [-0.2, -0.15) is 0 Å². The molecule has 2 amide bonds. The highest BCUT2D eigenvalue weighted by atomic mass is 32.1. The first kappa shape index (κ1) is 25.8. The first-order valence-electron chi connectivity index (χ1n) is 12.3. The molecule has 1 aromatic heterocycles. The number of aliphatic hydroxyl groups excluding tert-OH is 1. The molecule has 2 aromatic rings. The zero-order valence-electron chi connectivity index (χ0n) is 21.0. The van der Waals surface area contributed by atoms with E-state index in [9.17, 15) is 19.5 Å². The summed E-state index contributed by atoms with van der Waals surface area (Å²) in [6, 6.07) is 8.06. The lowest BCUT2D eigenvalue weighted by molar-refractivity contribution is -0.142. The monoisotopic (exact) mass is 512 g/mol. The van der Waals surface area contributed by atoms with Crippen molar-refractivity contribution in [1.29, 1.82) is 0 Å². The highest BCUT2D eigenvalue weighted by molar-refractivity contribution is 7.10. The second kappa shape index (κ2) is 10.7. The molecule has 36 heavy (non-hydrogen) atoms. The third kappa shape index (κ3) is 4.97. The largest absolute Gasteiger partial charge is 0.507 e. The zero-order valence-corrected chi connectivity index (χ0v) is 21.8. The molecule has 1 aromatic carbocycles. The molecular weight excluding hydrogens is 480 g/mol. The molecule has 1 unspecified atom stereocenters. The van der Waals surface area contributed by atoms with Gasteiger partial charge in [0.25, 0.3) is 11.7 Å². The van der Waals surface area contributed by atoms with Crippen molar-refractivity contribution in [1.82, 2.24) is 9.80 Å². The van der Waals surface area contributed by atoms with E-state index >= 15 is 0 Å². The Labute approximate surface area is 215 Å². The fourth-order valence-electron chi connectivity index (χ4n) is 4.83. The molecule has 192 valence electrons. The lowest BCUT2D eigenvalue weighted by Gasteiger charge is -2.38. The average molecular weight is 513 g/mol. The first-order valence-corrected chi connectivity index (χ1v) is 13.1. The van der Waals surface area contributed by atoms with Crippen molar-refractivity contribution in [3.63, 3.8) is 0 Å². The van der Waals surface area contributed by atoms with E-state index in [1.54, 1.807) is 34.9 Å². The van der Waals surface area contributed by atoms with Crippen molar-refractivity contribution in [2.45, 2.75) is 58.7 Å². The van der Waals surface area contributed by atoms with Gasteiger partial charge in [0, 0.05) is 29.6 Å². The van der Waals surface area contributed by atoms with E-state index in [0.29, 0.717) is 43.9 Å². The molecule has 9 heteroatoms. The zero-order chi connectivity index (χ0) is 26.0. The number of piperidine rings is 1. The highest BCUT2D eigenvalue weighted by Crippen LogP contribution is 2.44. The predicted molar refractivity (Wildman–Crippen MR) is 137 cm³/mol. The Kier molecular flexibility index (Phi) is 7.68. The number of ketones is 1. The minimum absolute atomic E-state index is 0.00236. The normalized spacial score (nSPS) is 20.3. The molecule has 1 N–H and O–H groups in total. The van der Waals surface area contributed by atoms with Crippen LogP contribution in [0.2, 0.25) is 0 Å². The standard InChI is InChI=1S/C27H32N2O6S/c1-5-34-27(33)28-12-10-19(11-13-28)29-23(21-7-6-14-36-21)22(25(31)26(29)32)24(30)18-8-9-20(17(4)15-18)35-16(2)3/h6-9,14-16,19,23,30H,5,10-13H2,1-4H3/b24-22-. The fourth-order valence-corrected chi connectivity index (χ4v) is 5.66. The van der Waals surface area contributed by atoms with Crippen LogP contribution in [-0.2, 0) is 14.3 Å². The maximum Gasteiger partial charge on any atom is 0.409 e. The Hall–Kier alpha value is -3.33. The lowest BCUT2D eigenvalue weighted by atomic mass is 9.97. The van der Waals surface area contributed by atoms with Crippen LogP contribution < -0.4 is 4.74 Å². The molecule has 4 rings (SSSR count). The van der Waals surface area contributed by atoms with Gasteiger partial charge in [-0.25, -0.2) is 4.79 Å². The summed E-state index contributed by atoms with van der Waals surface area (Å²) in [5, 5.41) is 13.2. The molecule has 1 atom stereocenters. The lowest BCUT2D eigenvalue weighted by Crippen LogP contribution is -2.48. The van der Waals surface area contributed by atoms with Crippen molar-refractivity contribution in [2.75, 3.05) is 19.7 Å². The average Bonchev–Trinajstić information content (AvgIpc) is 3.47. The summed E-state index contributed by atoms with van der Waals surface area (Å²) in [5.41, 5.74) is 1.37. The number of amides is 2. The van der Waals surface area contributed by atoms with Crippen LogP contribution in [0.15, 0.2) is 41.3 Å². The maximum absolute atomic E-state index is 13.3. The van der Waals surface area contributed by atoms with Gasteiger partial charge < -0.3 is 24.4 Å². The van der Waals surface area contributed by atoms with Gasteiger partial charge in [-0.1, -0.05) is 6.07 Å². The third-order valence-electron chi connectivity index (χ3n) is 6.49. The van der Waals surface area contributed by atoms with Gasteiger partial charge in [0.05, 0.1) is 24.3 Å². The quantitative estimate of drug-likeness (QED) is 0.336. The first-order chi connectivity index (χ1) is 17.2. The van der Waals surface area contributed by atoms with E-state index in [0.717, 1.165) is 10.4 Å². The summed E-state index contributed by atoms with van der Waals surface area (Å²) in [6.07, 6.45) is 0.679. The van der Waals surface area contributed by atoms with Gasteiger partial charge in [0.15, 0.2) is 0 Å². The number of hydrogen-bond acceptors (Lipinski definition) is 7. The molecule has 8 nitrogen and oxygen atoms in total. The Morgan fingerprint density at radius 2 is 1.92 bits per heavy atom. The minimum Gasteiger partial charge on any atom is -0.507 e. The topological polar surface area (TPSA) is 96.4 Å². The van der Waals surface area contributed by atoms with Crippen LogP contribution in [0.1, 0.15) is 55.7 Å². The van der Waals surface area contributed by atoms with Crippen LogP contribution in [0.25, 0.3) is 5.76 Å². The summed E-state index contributed by atoms with van der Waals surface area (Å²) < 4.78 is 10.9. The van der Waals surface area contributed by atoms with Crippen LogP contribution in [-0.4, -0.2) is 64.5 Å². The molecule has 0 spiro atoms. The number of Topliss-reactive ketones (excluding diaryl/α,β-unsaturated/α-hetero) is 1. The van der Waals surface area contributed by atoms with Gasteiger partial charge >= 0.3 is 6.09 Å². The number of ether oxygens (including phenoxy) is 2. The van der Waals surface area contributed by atoms with Gasteiger partial charge in [0.1, 0.15) is 11.5 Å². The molecule has 0 aliphatic carbocycles. The number of rotatable bonds is 6. The molecular formula is C27H32N2O6S. The smallest absolute Gasteiger partial charge is 0.409 e. The number of benzene rings is 1. The van der Waals surface area contributed by atoms with Crippen LogP contribution >= 0.6 is 11.3 Å². The molecule has 2 aliphatic rings. The van der Waals surface area contributed by atoms with E-state index in [4.69, 9.17) is 9.47 Å². The highest BCUT2D eigenvalue weighted by Gasteiger charge is 2.49. The Morgan fingerprint density at radius 1 is 1.19 bits per heavy atom. The number of likely N-dealkylation sites (tertiary alicyclic amines) is 2. The molecule has 2 saturated heterocycles. The van der Waals surface area contributed by atoms with Crippen LogP contribution in [0.5, 0.6) is 5.75 Å². The number of carbonyl (C=O) groups excluding carboxylic acids is 3. The second-order valence-electron chi connectivity index (χ2n) is 9.29. The Balaban J connectivity index is 1.68.